The molecular formula is C20H16ClN3OS. The fraction of sp³-hybridized carbons (Fsp3) is 0.200. The van der Waals surface area contributed by atoms with Crippen molar-refractivity contribution in [2.45, 2.75) is 25.2 Å². The lowest BCUT2D eigenvalue weighted by molar-refractivity contribution is -0.116. The second kappa shape index (κ2) is 6.64. The van der Waals surface area contributed by atoms with Gasteiger partial charge in [0.25, 0.3) is 0 Å². The zero-order valence-electron chi connectivity index (χ0n) is 13.9. The first kappa shape index (κ1) is 16.9. The van der Waals surface area contributed by atoms with Crippen LogP contribution in [0.15, 0.2) is 64.4 Å². The number of halogens is 1. The quantitative estimate of drug-likeness (QED) is 0.818. The highest BCUT2D eigenvalue weighted by Gasteiger charge is 2.40. The highest BCUT2D eigenvalue weighted by Crippen LogP contribution is 2.48. The number of hydrogen-bond acceptors (Lipinski definition) is 5. The van der Waals surface area contributed by atoms with Crippen LogP contribution in [0, 0.1) is 11.3 Å². The highest BCUT2D eigenvalue weighted by atomic mass is 35.5. The van der Waals surface area contributed by atoms with E-state index < -0.39 is 0 Å². The molecule has 130 valence electrons. The summed E-state index contributed by atoms with van der Waals surface area (Å²) in [4.78, 5) is 15.6. The number of para-hydroxylation sites is 1. The molecule has 2 aliphatic rings. The molecule has 0 saturated carbocycles. The number of carbonyl (C=O) groups excluding carboxylic acids is 1. The van der Waals surface area contributed by atoms with Crippen molar-refractivity contribution >= 4 is 34.4 Å². The van der Waals surface area contributed by atoms with Gasteiger partial charge in [0.2, 0.25) is 0 Å². The van der Waals surface area contributed by atoms with Gasteiger partial charge in [-0.15, -0.1) is 11.3 Å². The molecule has 2 N–H and O–H groups in total. The number of ketones is 1. The van der Waals surface area contributed by atoms with E-state index in [2.05, 4.69) is 6.07 Å². The van der Waals surface area contributed by atoms with Crippen LogP contribution in [0.3, 0.4) is 0 Å². The summed E-state index contributed by atoms with van der Waals surface area (Å²) in [7, 11) is 0. The first-order valence-electron chi connectivity index (χ1n) is 8.37. The van der Waals surface area contributed by atoms with Crippen LogP contribution < -0.4 is 10.6 Å². The predicted octanol–water partition coefficient (Wildman–Crippen LogP) is 4.71. The summed E-state index contributed by atoms with van der Waals surface area (Å²) in [6.07, 6.45) is 1.99. The molecule has 0 saturated heterocycles. The minimum Gasteiger partial charge on any atom is -0.384 e. The third-order valence-corrected chi connectivity index (χ3v) is 6.09. The SMILES string of the molecule is N#CC1=C(N)N(c2ccccc2Cl)C2=C(C(=O)CCC2)C1c1cccs1. The van der Waals surface area contributed by atoms with Gasteiger partial charge in [-0.05, 0) is 36.4 Å². The van der Waals surface area contributed by atoms with Crippen LogP contribution in [0.4, 0.5) is 5.69 Å². The summed E-state index contributed by atoms with van der Waals surface area (Å²) in [5.41, 5.74) is 9.12. The normalized spacial score (nSPS) is 20.2. The molecule has 0 radical (unpaired) electrons. The van der Waals surface area contributed by atoms with Gasteiger partial charge < -0.3 is 5.73 Å². The molecule has 2 heterocycles. The molecule has 4 rings (SSSR count). The van der Waals surface area contributed by atoms with E-state index in [4.69, 9.17) is 17.3 Å². The van der Waals surface area contributed by atoms with E-state index in [0.29, 0.717) is 34.1 Å². The van der Waals surface area contributed by atoms with Gasteiger partial charge in [0.15, 0.2) is 5.78 Å². The Balaban J connectivity index is 2.00. The number of Topliss-reactive ketones (excluding diaryl/α,β-unsaturated/α-hetero) is 1. The van der Waals surface area contributed by atoms with Crippen molar-refractivity contribution in [1.82, 2.24) is 0 Å². The van der Waals surface area contributed by atoms with E-state index in [1.807, 2.05) is 35.7 Å². The minimum atomic E-state index is -0.387. The maximum absolute atomic E-state index is 12.9. The number of anilines is 1. The van der Waals surface area contributed by atoms with Crippen LogP contribution in [0.5, 0.6) is 0 Å². The number of allylic oxidation sites excluding steroid dienone is 3. The third kappa shape index (κ3) is 2.54. The van der Waals surface area contributed by atoms with Gasteiger partial charge in [-0.2, -0.15) is 5.26 Å². The molecule has 2 aromatic rings. The topological polar surface area (TPSA) is 70.1 Å². The molecule has 1 aliphatic carbocycles. The van der Waals surface area contributed by atoms with Gasteiger partial charge in [-0.25, -0.2) is 0 Å². The summed E-state index contributed by atoms with van der Waals surface area (Å²) in [6, 6.07) is 13.5. The van der Waals surface area contributed by atoms with Gasteiger partial charge in [0, 0.05) is 22.6 Å². The molecule has 1 aromatic heterocycles. The van der Waals surface area contributed by atoms with Crippen LogP contribution in [0.2, 0.25) is 5.02 Å². The number of nitriles is 1. The summed E-state index contributed by atoms with van der Waals surface area (Å²) in [5.74, 6) is 0.0518. The van der Waals surface area contributed by atoms with Crippen molar-refractivity contribution in [3.8, 4) is 6.07 Å². The monoisotopic (exact) mass is 381 g/mol. The number of hydrogen-bond donors (Lipinski definition) is 1. The van der Waals surface area contributed by atoms with Crippen molar-refractivity contribution in [3.63, 3.8) is 0 Å². The Morgan fingerprint density at radius 3 is 2.73 bits per heavy atom. The van der Waals surface area contributed by atoms with E-state index in [0.717, 1.165) is 23.4 Å². The number of carbonyl (C=O) groups is 1. The molecule has 0 spiro atoms. The van der Waals surface area contributed by atoms with E-state index in [1.54, 1.807) is 11.0 Å². The van der Waals surface area contributed by atoms with Gasteiger partial charge in [0.1, 0.15) is 5.82 Å². The fourth-order valence-electron chi connectivity index (χ4n) is 3.73. The lowest BCUT2D eigenvalue weighted by atomic mass is 9.78. The standard InChI is InChI=1S/C20H16ClN3OS/c21-13-5-1-2-6-14(13)24-15-7-3-8-16(25)19(15)18(12(11-22)20(24)23)17-9-4-10-26-17/h1-2,4-6,9-10,18H,3,7-8,23H2. The highest BCUT2D eigenvalue weighted by molar-refractivity contribution is 7.10. The van der Waals surface area contributed by atoms with E-state index >= 15 is 0 Å². The largest absolute Gasteiger partial charge is 0.384 e. The average molecular weight is 382 g/mol. The van der Waals surface area contributed by atoms with Crippen molar-refractivity contribution in [3.05, 3.63) is 74.3 Å². The Morgan fingerprint density at radius 2 is 2.04 bits per heavy atom. The zero-order valence-corrected chi connectivity index (χ0v) is 15.5. The molecule has 0 fully saturated rings. The summed E-state index contributed by atoms with van der Waals surface area (Å²) in [5, 5.41) is 12.4. The maximum Gasteiger partial charge on any atom is 0.161 e. The molecule has 4 nitrogen and oxygen atoms in total. The van der Waals surface area contributed by atoms with Crippen molar-refractivity contribution in [1.29, 1.82) is 5.26 Å². The summed E-state index contributed by atoms with van der Waals surface area (Å²) < 4.78 is 0. The predicted molar refractivity (Wildman–Crippen MR) is 104 cm³/mol. The zero-order chi connectivity index (χ0) is 18.3. The number of benzene rings is 1. The first-order chi connectivity index (χ1) is 12.6. The van der Waals surface area contributed by atoms with Gasteiger partial charge >= 0.3 is 0 Å². The summed E-state index contributed by atoms with van der Waals surface area (Å²) in [6.45, 7) is 0. The smallest absolute Gasteiger partial charge is 0.161 e. The Labute approximate surface area is 160 Å². The lowest BCUT2D eigenvalue weighted by Crippen LogP contribution is -2.38. The first-order valence-corrected chi connectivity index (χ1v) is 9.63. The van der Waals surface area contributed by atoms with E-state index in [1.165, 1.54) is 11.3 Å². The lowest BCUT2D eigenvalue weighted by Gasteiger charge is -2.39. The van der Waals surface area contributed by atoms with Crippen LogP contribution in [-0.2, 0) is 4.79 Å². The number of nitrogens with zero attached hydrogens (tertiary/aromatic N) is 2. The number of nitrogens with two attached hydrogens (primary N) is 1. The van der Waals surface area contributed by atoms with Crippen molar-refractivity contribution < 1.29 is 4.79 Å². The second-order valence-corrected chi connectivity index (χ2v) is 7.67. The third-order valence-electron chi connectivity index (χ3n) is 4.83. The van der Waals surface area contributed by atoms with Crippen LogP contribution in [-0.4, -0.2) is 5.78 Å². The molecule has 1 unspecified atom stereocenters. The molecule has 26 heavy (non-hydrogen) atoms. The van der Waals surface area contributed by atoms with Gasteiger partial charge in [0.05, 0.1) is 28.3 Å². The molecule has 6 heteroatoms. The van der Waals surface area contributed by atoms with Crippen LogP contribution in [0.25, 0.3) is 0 Å². The van der Waals surface area contributed by atoms with Gasteiger partial charge in [-0.3, -0.25) is 9.69 Å². The molecule has 0 amide bonds. The Bertz CT molecular complexity index is 985. The van der Waals surface area contributed by atoms with Crippen molar-refractivity contribution in [2.75, 3.05) is 4.90 Å². The number of rotatable bonds is 2. The van der Waals surface area contributed by atoms with E-state index in [9.17, 15) is 10.1 Å². The number of thiophene rings is 1. The second-order valence-electron chi connectivity index (χ2n) is 6.28. The maximum atomic E-state index is 12.9. The van der Waals surface area contributed by atoms with Crippen LogP contribution >= 0.6 is 22.9 Å². The average Bonchev–Trinajstić information content (AvgIpc) is 3.16. The van der Waals surface area contributed by atoms with Crippen molar-refractivity contribution in [2.24, 2.45) is 5.73 Å². The Hall–Kier alpha value is -2.55. The fourth-order valence-corrected chi connectivity index (χ4v) is 4.80. The molecular weight excluding hydrogens is 366 g/mol. The Morgan fingerprint density at radius 1 is 1.23 bits per heavy atom. The Kier molecular flexibility index (Phi) is 4.31. The molecule has 1 aromatic carbocycles. The minimum absolute atomic E-state index is 0.0851. The molecule has 0 bridgehead atoms. The van der Waals surface area contributed by atoms with Gasteiger partial charge in [-0.1, -0.05) is 29.8 Å². The summed E-state index contributed by atoms with van der Waals surface area (Å²) >= 11 is 7.95. The molecule has 1 atom stereocenters. The molecule has 1 aliphatic heterocycles. The van der Waals surface area contributed by atoms with E-state index in [-0.39, 0.29) is 11.7 Å². The van der Waals surface area contributed by atoms with Crippen LogP contribution in [0.1, 0.15) is 30.1 Å².